The third kappa shape index (κ3) is 7.98. The number of ether oxygens (including phenoxy) is 1. The van der Waals surface area contributed by atoms with Gasteiger partial charge in [0.05, 0.1) is 6.61 Å². The van der Waals surface area contributed by atoms with Crippen molar-refractivity contribution in [1.82, 2.24) is 0 Å². The zero-order valence-electron chi connectivity index (χ0n) is 5.20. The fraction of sp³-hybridized carbons (Fsp3) is 1.00. The van der Waals surface area contributed by atoms with Crippen LogP contribution in [0, 0.1) is 0 Å². The van der Waals surface area contributed by atoms with Crippen molar-refractivity contribution >= 4 is 8.25 Å². The Morgan fingerprint density at radius 1 is 1.56 bits per heavy atom. The van der Waals surface area contributed by atoms with E-state index in [-0.39, 0.29) is 6.61 Å². The van der Waals surface area contributed by atoms with Crippen LogP contribution in [0.5, 0.6) is 0 Å². The van der Waals surface area contributed by atoms with Crippen LogP contribution < -0.4 is 4.89 Å². The number of hydrogen-bond acceptors (Lipinski definition) is 4. The molecule has 1 atom stereocenters. The summed E-state index contributed by atoms with van der Waals surface area (Å²) in [5, 5.41) is 0. The molecule has 0 aromatic rings. The quantitative estimate of drug-likeness (QED) is 0.412. The second-order valence-corrected chi connectivity index (χ2v) is 1.96. The molecule has 0 aliphatic heterocycles. The van der Waals surface area contributed by atoms with E-state index in [1.165, 1.54) is 0 Å². The molecule has 9 heavy (non-hydrogen) atoms. The van der Waals surface area contributed by atoms with Gasteiger partial charge >= 0.3 is 8.25 Å². The number of rotatable bonds is 5. The summed E-state index contributed by atoms with van der Waals surface area (Å²) in [5.74, 6) is 0. The summed E-state index contributed by atoms with van der Waals surface area (Å²) < 4.78 is 18.7. The topological polar surface area (TPSA) is 58.6 Å². The van der Waals surface area contributed by atoms with Crippen molar-refractivity contribution in [3.05, 3.63) is 0 Å². The summed E-state index contributed by atoms with van der Waals surface area (Å²) >= 11 is 0. The third-order valence-electron chi connectivity index (χ3n) is 0.628. The molecule has 0 aliphatic rings. The van der Waals surface area contributed by atoms with E-state index >= 15 is 0 Å². The van der Waals surface area contributed by atoms with Crippen molar-refractivity contribution in [3.8, 4) is 0 Å². The van der Waals surface area contributed by atoms with Gasteiger partial charge in [-0.25, -0.2) is 0 Å². The maximum atomic E-state index is 9.72. The van der Waals surface area contributed by atoms with Crippen molar-refractivity contribution in [1.29, 1.82) is 0 Å². The van der Waals surface area contributed by atoms with Crippen LogP contribution in [-0.4, -0.2) is 19.8 Å². The van der Waals surface area contributed by atoms with Gasteiger partial charge in [0, 0.05) is 6.61 Å². The Balaban J connectivity index is 2.83. The minimum Gasteiger partial charge on any atom is -0.566 e. The van der Waals surface area contributed by atoms with Gasteiger partial charge in [0.1, 0.15) is 6.61 Å². The molecule has 0 rings (SSSR count). The lowest BCUT2D eigenvalue weighted by molar-refractivity contribution is -0.186. The summed E-state index contributed by atoms with van der Waals surface area (Å²) in [4.78, 5) is 9.72. The van der Waals surface area contributed by atoms with Gasteiger partial charge in [-0.3, -0.25) is 0 Å². The molecular weight excluding hydrogens is 143 g/mol. The zero-order chi connectivity index (χ0) is 7.11. The van der Waals surface area contributed by atoms with Crippen LogP contribution in [0.25, 0.3) is 0 Å². The van der Waals surface area contributed by atoms with Crippen molar-refractivity contribution in [2.75, 3.05) is 19.8 Å². The van der Waals surface area contributed by atoms with E-state index in [4.69, 9.17) is 4.74 Å². The van der Waals surface area contributed by atoms with Gasteiger partial charge in [-0.05, 0) is 11.5 Å². The fourth-order valence-corrected chi connectivity index (χ4v) is 0.539. The van der Waals surface area contributed by atoms with Gasteiger partial charge in [0.2, 0.25) is 0 Å². The largest absolute Gasteiger partial charge is 0.566 e. The van der Waals surface area contributed by atoms with Crippen LogP contribution in [0.4, 0.5) is 0 Å². The third-order valence-corrected chi connectivity index (χ3v) is 1.02. The molecule has 0 fully saturated rings. The normalized spacial score (nSPS) is 11.6. The van der Waals surface area contributed by atoms with Crippen LogP contribution in [0.3, 0.4) is 0 Å². The van der Waals surface area contributed by atoms with E-state index in [1.54, 1.807) is 0 Å². The van der Waals surface area contributed by atoms with Crippen LogP contribution in [-0.2, 0) is 13.8 Å². The summed E-state index contributed by atoms with van der Waals surface area (Å²) in [6, 6.07) is 0. The highest BCUT2D eigenvalue weighted by molar-refractivity contribution is 7.30. The lowest BCUT2D eigenvalue weighted by Gasteiger charge is -1.94. The predicted molar refractivity (Wildman–Crippen MR) is 30.1 cm³/mol. The first kappa shape index (κ1) is 8.98. The summed E-state index contributed by atoms with van der Waals surface area (Å²) in [7, 11) is -2.70. The Bertz CT molecular complexity index is 84.6. The van der Waals surface area contributed by atoms with Crippen LogP contribution in [0.2, 0.25) is 0 Å². The Morgan fingerprint density at radius 3 is 2.67 bits per heavy atom. The summed E-state index contributed by atoms with van der Waals surface area (Å²) in [5.41, 5.74) is 0. The van der Waals surface area contributed by atoms with Crippen molar-refractivity contribution in [3.63, 3.8) is 0 Å². The molecule has 0 N–H and O–H groups in total. The molecular formula is C4H9O4P. The Kier molecular flexibility index (Phi) is 6.09. The first-order valence-electron chi connectivity index (χ1n) is 2.62. The van der Waals surface area contributed by atoms with E-state index < -0.39 is 8.25 Å². The molecule has 0 amide bonds. The van der Waals surface area contributed by atoms with Gasteiger partial charge in [-0.1, -0.05) is 0 Å². The SMILES string of the molecule is CCOCCO[P+](=O)[O-]. The first-order chi connectivity index (χ1) is 4.27. The van der Waals surface area contributed by atoms with Crippen molar-refractivity contribution in [2.45, 2.75) is 6.92 Å². The maximum absolute atomic E-state index is 9.72. The van der Waals surface area contributed by atoms with Gasteiger partial charge in [0.15, 0.2) is 0 Å². The minimum atomic E-state index is -2.70. The molecule has 4 nitrogen and oxygen atoms in total. The minimum absolute atomic E-state index is 0.118. The van der Waals surface area contributed by atoms with Crippen LogP contribution >= 0.6 is 8.25 Å². The molecule has 0 saturated heterocycles. The smallest absolute Gasteiger partial charge is 0.488 e. The lowest BCUT2D eigenvalue weighted by atomic mass is 10.8. The Hall–Kier alpha value is -0.0200. The number of hydrogen-bond donors (Lipinski definition) is 0. The molecule has 0 saturated carbocycles. The standard InChI is InChI=1S/C4H9O4P/c1-2-7-3-4-8-9(5)6/h2-4H2,1H3. The van der Waals surface area contributed by atoms with E-state index in [2.05, 4.69) is 4.52 Å². The molecule has 54 valence electrons. The summed E-state index contributed by atoms with van der Waals surface area (Å²) in [6.07, 6.45) is 0. The highest BCUT2D eigenvalue weighted by atomic mass is 31.1. The van der Waals surface area contributed by atoms with Gasteiger partial charge in [-0.15, -0.1) is 4.52 Å². The molecule has 0 heterocycles. The zero-order valence-corrected chi connectivity index (χ0v) is 6.10. The second kappa shape index (κ2) is 6.11. The van der Waals surface area contributed by atoms with Crippen molar-refractivity contribution < 1.29 is 18.7 Å². The van der Waals surface area contributed by atoms with Crippen LogP contribution in [0.1, 0.15) is 6.92 Å². The molecule has 5 heteroatoms. The molecule has 0 aliphatic carbocycles. The molecule has 0 aromatic heterocycles. The van der Waals surface area contributed by atoms with Crippen molar-refractivity contribution in [2.24, 2.45) is 0 Å². The highest BCUT2D eigenvalue weighted by Gasteiger charge is 1.98. The van der Waals surface area contributed by atoms with E-state index in [0.717, 1.165) is 0 Å². The van der Waals surface area contributed by atoms with Crippen LogP contribution in [0.15, 0.2) is 0 Å². The van der Waals surface area contributed by atoms with Gasteiger partial charge < -0.3 is 9.63 Å². The predicted octanol–water partition coefficient (Wildman–Crippen LogP) is 0.0572. The lowest BCUT2D eigenvalue weighted by Crippen LogP contribution is -2.02. The molecule has 0 aromatic carbocycles. The maximum Gasteiger partial charge on any atom is 0.488 e. The molecule has 0 radical (unpaired) electrons. The Morgan fingerprint density at radius 2 is 2.22 bits per heavy atom. The van der Waals surface area contributed by atoms with E-state index in [9.17, 15) is 9.46 Å². The second-order valence-electron chi connectivity index (χ2n) is 1.25. The molecule has 0 spiro atoms. The highest BCUT2D eigenvalue weighted by Crippen LogP contribution is 2.06. The van der Waals surface area contributed by atoms with Gasteiger partial charge in [-0.2, -0.15) is 0 Å². The summed E-state index contributed by atoms with van der Waals surface area (Å²) in [6.45, 7) is 2.86. The molecule has 0 bridgehead atoms. The fourth-order valence-electron chi connectivity index (χ4n) is 0.315. The van der Waals surface area contributed by atoms with Gasteiger partial charge in [0.25, 0.3) is 0 Å². The monoisotopic (exact) mass is 152 g/mol. The first-order valence-corrected chi connectivity index (χ1v) is 3.72. The molecule has 1 unspecified atom stereocenters. The van der Waals surface area contributed by atoms with E-state index in [0.29, 0.717) is 13.2 Å². The average Bonchev–Trinajstić information content (AvgIpc) is 1.80. The Labute approximate surface area is 54.7 Å². The average molecular weight is 152 g/mol. The van der Waals surface area contributed by atoms with E-state index in [1.807, 2.05) is 6.92 Å².